The lowest BCUT2D eigenvalue weighted by atomic mass is 9.94. The van der Waals surface area contributed by atoms with Crippen LogP contribution in [0.25, 0.3) is 0 Å². The highest BCUT2D eigenvalue weighted by Gasteiger charge is 2.10. The third-order valence-corrected chi connectivity index (χ3v) is 4.61. The highest BCUT2D eigenvalue weighted by molar-refractivity contribution is 5.78. The Morgan fingerprint density at radius 2 is 1.92 bits per heavy atom. The first kappa shape index (κ1) is 18.8. The highest BCUT2D eigenvalue weighted by Crippen LogP contribution is 2.26. The number of hydrogen-bond acceptors (Lipinski definition) is 3. The molecule has 0 aliphatic rings. The molecule has 1 atom stereocenters. The number of nitrogens with one attached hydrogen (secondary N) is 1. The molecule has 1 unspecified atom stereocenters. The third-order valence-electron chi connectivity index (χ3n) is 4.61. The van der Waals surface area contributed by atoms with Crippen LogP contribution in [-0.2, 0) is 11.2 Å². The van der Waals surface area contributed by atoms with E-state index in [1.54, 1.807) is 18.2 Å². The maximum Gasteiger partial charge on any atom is 0.224 e. The molecule has 2 aromatic carbocycles. The van der Waals surface area contributed by atoms with E-state index in [1.165, 1.54) is 23.8 Å². The van der Waals surface area contributed by atoms with Crippen molar-refractivity contribution in [3.05, 3.63) is 58.7 Å². The van der Waals surface area contributed by atoms with Crippen LogP contribution in [-0.4, -0.2) is 24.7 Å². The van der Waals surface area contributed by atoms with Crippen molar-refractivity contribution in [3.63, 3.8) is 0 Å². The Kier molecular flexibility index (Phi) is 6.45. The molecule has 2 aromatic rings. The van der Waals surface area contributed by atoms with E-state index < -0.39 is 0 Å². The van der Waals surface area contributed by atoms with Crippen molar-refractivity contribution in [1.29, 1.82) is 0 Å². The molecule has 2 rings (SSSR count). The Labute approximate surface area is 149 Å². The summed E-state index contributed by atoms with van der Waals surface area (Å²) < 4.78 is 5.07. The van der Waals surface area contributed by atoms with Crippen LogP contribution in [0, 0.1) is 13.8 Å². The van der Waals surface area contributed by atoms with Crippen molar-refractivity contribution in [2.45, 2.75) is 39.5 Å². The van der Waals surface area contributed by atoms with Gasteiger partial charge < -0.3 is 15.2 Å². The quantitative estimate of drug-likeness (QED) is 0.804. The van der Waals surface area contributed by atoms with E-state index in [4.69, 9.17) is 4.74 Å². The molecule has 0 saturated heterocycles. The number of ether oxygens (including phenoxy) is 1. The molecule has 4 heteroatoms. The number of carbonyl (C=O) groups is 1. The summed E-state index contributed by atoms with van der Waals surface area (Å²) in [5.41, 5.74) is 4.72. The van der Waals surface area contributed by atoms with Gasteiger partial charge in [-0.1, -0.05) is 31.2 Å². The molecular formula is C21H27NO3. The Morgan fingerprint density at radius 1 is 1.16 bits per heavy atom. The van der Waals surface area contributed by atoms with Gasteiger partial charge in [0, 0.05) is 6.54 Å². The van der Waals surface area contributed by atoms with Crippen LogP contribution in [0.1, 0.15) is 41.5 Å². The molecule has 0 bridgehead atoms. The Balaban J connectivity index is 1.82. The molecule has 0 saturated carbocycles. The van der Waals surface area contributed by atoms with Crippen molar-refractivity contribution >= 4 is 5.91 Å². The first-order valence-corrected chi connectivity index (χ1v) is 8.60. The maximum atomic E-state index is 12.1. The summed E-state index contributed by atoms with van der Waals surface area (Å²) in [5.74, 6) is 0.830. The minimum atomic E-state index is -0.0278. The molecule has 2 N–H and O–H groups in total. The van der Waals surface area contributed by atoms with E-state index >= 15 is 0 Å². The van der Waals surface area contributed by atoms with Gasteiger partial charge >= 0.3 is 0 Å². The van der Waals surface area contributed by atoms with Crippen molar-refractivity contribution < 1.29 is 14.6 Å². The second kappa shape index (κ2) is 8.56. The van der Waals surface area contributed by atoms with E-state index in [9.17, 15) is 9.90 Å². The summed E-state index contributed by atoms with van der Waals surface area (Å²) in [5, 5.41) is 12.6. The van der Waals surface area contributed by atoms with E-state index in [1.807, 2.05) is 0 Å². The fourth-order valence-corrected chi connectivity index (χ4v) is 2.75. The molecule has 0 spiro atoms. The molecule has 1 amide bonds. The van der Waals surface area contributed by atoms with Gasteiger partial charge in [-0.25, -0.2) is 0 Å². The smallest absolute Gasteiger partial charge is 0.224 e. The first-order valence-electron chi connectivity index (χ1n) is 8.60. The number of aromatic hydroxyl groups is 1. The fraction of sp³-hybridized carbons (Fsp3) is 0.381. The van der Waals surface area contributed by atoms with Crippen LogP contribution in [0.2, 0.25) is 0 Å². The SMILES string of the molecule is COc1cc(CC(=O)NCCC(C)c2ccc(C)c(C)c2)ccc1O. The average Bonchev–Trinajstić information content (AvgIpc) is 2.58. The average molecular weight is 341 g/mol. The topological polar surface area (TPSA) is 58.6 Å². The van der Waals surface area contributed by atoms with Crippen LogP contribution >= 0.6 is 0 Å². The molecular weight excluding hydrogens is 314 g/mol. The number of amides is 1. The standard InChI is InChI=1S/C21H27NO3/c1-14-5-7-18(11-16(14)3)15(2)9-10-22-21(24)13-17-6-8-19(23)20(12-17)25-4/h5-8,11-12,15,23H,9-10,13H2,1-4H3,(H,22,24). The van der Waals surface area contributed by atoms with E-state index in [0.29, 0.717) is 18.2 Å². The van der Waals surface area contributed by atoms with Gasteiger partial charge in [-0.2, -0.15) is 0 Å². The van der Waals surface area contributed by atoms with Crippen molar-refractivity contribution in [2.24, 2.45) is 0 Å². The summed E-state index contributed by atoms with van der Waals surface area (Å²) in [4.78, 5) is 12.1. The number of benzene rings is 2. The van der Waals surface area contributed by atoms with Crippen LogP contribution in [0.5, 0.6) is 11.5 Å². The van der Waals surface area contributed by atoms with E-state index in [-0.39, 0.29) is 18.1 Å². The second-order valence-electron chi connectivity index (χ2n) is 6.57. The number of phenols is 1. The Morgan fingerprint density at radius 3 is 2.60 bits per heavy atom. The van der Waals surface area contributed by atoms with Gasteiger partial charge in [-0.3, -0.25) is 4.79 Å². The highest BCUT2D eigenvalue weighted by atomic mass is 16.5. The van der Waals surface area contributed by atoms with Gasteiger partial charge in [-0.05, 0) is 60.6 Å². The lowest BCUT2D eigenvalue weighted by molar-refractivity contribution is -0.120. The maximum absolute atomic E-state index is 12.1. The Bertz CT molecular complexity index is 740. The van der Waals surface area contributed by atoms with Crippen molar-refractivity contribution in [3.8, 4) is 11.5 Å². The number of phenolic OH excluding ortho intramolecular Hbond substituents is 1. The molecule has 0 heterocycles. The predicted octanol–water partition coefficient (Wildman–Crippen LogP) is 3.87. The number of aryl methyl sites for hydroxylation is 2. The minimum absolute atomic E-state index is 0.0278. The molecule has 134 valence electrons. The van der Waals surface area contributed by atoms with Crippen molar-refractivity contribution in [1.82, 2.24) is 5.32 Å². The summed E-state index contributed by atoms with van der Waals surface area (Å²) in [6.45, 7) is 7.06. The predicted molar refractivity (Wildman–Crippen MR) is 100 cm³/mol. The van der Waals surface area contributed by atoms with Crippen LogP contribution in [0.4, 0.5) is 0 Å². The zero-order valence-corrected chi connectivity index (χ0v) is 15.4. The summed E-state index contributed by atoms with van der Waals surface area (Å²) >= 11 is 0. The molecule has 25 heavy (non-hydrogen) atoms. The van der Waals surface area contributed by atoms with Gasteiger partial charge in [0.25, 0.3) is 0 Å². The molecule has 0 aromatic heterocycles. The van der Waals surface area contributed by atoms with Gasteiger partial charge in [0.05, 0.1) is 13.5 Å². The number of hydrogen-bond donors (Lipinski definition) is 2. The van der Waals surface area contributed by atoms with Gasteiger partial charge in [-0.15, -0.1) is 0 Å². The molecule has 0 aliphatic carbocycles. The molecule has 4 nitrogen and oxygen atoms in total. The molecule has 0 radical (unpaired) electrons. The van der Waals surface area contributed by atoms with E-state index in [0.717, 1.165) is 12.0 Å². The third kappa shape index (κ3) is 5.24. The number of carbonyl (C=O) groups excluding carboxylic acids is 1. The van der Waals surface area contributed by atoms with Crippen LogP contribution < -0.4 is 10.1 Å². The lowest BCUT2D eigenvalue weighted by Gasteiger charge is -2.14. The van der Waals surface area contributed by atoms with E-state index in [2.05, 4.69) is 44.3 Å². The normalized spacial score (nSPS) is 11.8. The number of methoxy groups -OCH3 is 1. The summed E-state index contributed by atoms with van der Waals surface area (Å²) in [6, 6.07) is 11.5. The van der Waals surface area contributed by atoms with Crippen LogP contribution in [0.15, 0.2) is 36.4 Å². The summed E-state index contributed by atoms with van der Waals surface area (Å²) in [6.07, 6.45) is 1.17. The summed E-state index contributed by atoms with van der Waals surface area (Å²) in [7, 11) is 1.49. The number of rotatable bonds is 7. The Hall–Kier alpha value is -2.49. The second-order valence-corrected chi connectivity index (χ2v) is 6.57. The zero-order valence-electron chi connectivity index (χ0n) is 15.4. The minimum Gasteiger partial charge on any atom is -0.504 e. The fourth-order valence-electron chi connectivity index (χ4n) is 2.75. The van der Waals surface area contributed by atoms with Gasteiger partial charge in [0.15, 0.2) is 11.5 Å². The lowest BCUT2D eigenvalue weighted by Crippen LogP contribution is -2.26. The van der Waals surface area contributed by atoms with Crippen LogP contribution in [0.3, 0.4) is 0 Å². The van der Waals surface area contributed by atoms with Gasteiger partial charge in [0.2, 0.25) is 5.91 Å². The van der Waals surface area contributed by atoms with Gasteiger partial charge in [0.1, 0.15) is 0 Å². The largest absolute Gasteiger partial charge is 0.504 e. The molecule has 0 aliphatic heterocycles. The monoisotopic (exact) mass is 341 g/mol. The molecule has 0 fully saturated rings. The zero-order chi connectivity index (χ0) is 18.4. The van der Waals surface area contributed by atoms with Crippen molar-refractivity contribution in [2.75, 3.05) is 13.7 Å². The first-order chi connectivity index (χ1) is 11.9.